The molecule has 0 unspecified atom stereocenters. The Kier molecular flexibility index (Phi) is 41.5. The van der Waals surface area contributed by atoms with Crippen molar-refractivity contribution >= 4 is 0 Å². The average Bonchev–Trinajstić information content (AvgIpc) is 1.99. The molecule has 0 bridgehead atoms. The molecule has 0 aromatic rings. The van der Waals surface area contributed by atoms with Gasteiger partial charge in [0.05, 0.1) is 0 Å². The van der Waals surface area contributed by atoms with E-state index in [1.165, 1.54) is 19.3 Å². The second-order valence-corrected chi connectivity index (χ2v) is 3.05. The van der Waals surface area contributed by atoms with Crippen LogP contribution in [0.15, 0.2) is 12.7 Å². The largest absolute Gasteiger partial charge is 0.331 e. The molecule has 2 radical (unpaired) electrons. The van der Waals surface area contributed by atoms with Gasteiger partial charge in [-0.25, -0.2) is 0 Å². The van der Waals surface area contributed by atoms with Crippen LogP contribution in [0.5, 0.6) is 0 Å². The number of nitrogens with two attached hydrogens (primary N) is 1. The Morgan fingerprint density at radius 2 is 1.86 bits per heavy atom. The zero-order valence-electron chi connectivity index (χ0n) is 9.74. The van der Waals surface area contributed by atoms with E-state index >= 15 is 0 Å². The van der Waals surface area contributed by atoms with Gasteiger partial charge in [0.25, 0.3) is 0 Å². The molecule has 0 heterocycles. The minimum atomic E-state index is 0. The third-order valence-corrected chi connectivity index (χ3v) is 1.30. The fourth-order valence-electron chi connectivity index (χ4n) is 0.729. The maximum absolute atomic E-state index is 5.54. The van der Waals surface area contributed by atoms with Crippen LogP contribution >= 0.6 is 0 Å². The van der Waals surface area contributed by atoms with E-state index < -0.39 is 0 Å². The van der Waals surface area contributed by atoms with E-state index in [1.807, 2.05) is 13.8 Å². The Morgan fingerprint density at radius 1 is 1.43 bits per heavy atom. The van der Waals surface area contributed by atoms with Crippen LogP contribution in [-0.2, 0) is 44.8 Å². The summed E-state index contributed by atoms with van der Waals surface area (Å²) in [5.74, 6) is 0. The smallest absolute Gasteiger partial charge is 0 e. The van der Waals surface area contributed by atoms with Crippen molar-refractivity contribution in [2.75, 3.05) is 0 Å². The summed E-state index contributed by atoms with van der Waals surface area (Å²) in [5, 5.41) is 0. The zero-order valence-corrected chi connectivity index (χ0v) is 14.1. The van der Waals surface area contributed by atoms with Crippen LogP contribution in [0.3, 0.4) is 0 Å². The third-order valence-electron chi connectivity index (χ3n) is 1.30. The van der Waals surface area contributed by atoms with Crippen LogP contribution in [0.4, 0.5) is 0 Å². The molecular weight excluding hydrogens is 332 g/mol. The Bertz CT molecular complexity index is 85.4. The van der Waals surface area contributed by atoms with E-state index in [1.54, 1.807) is 6.08 Å². The Hall–Kier alpha value is 1.18. The molecular formula is C11H24NNb2-. The normalized spacial score (nSPS) is 9.71. The molecule has 0 saturated heterocycles. The first kappa shape index (κ1) is 24.4. The molecule has 1 atom stereocenters. The first-order chi connectivity index (χ1) is 5.68. The van der Waals surface area contributed by atoms with Crippen LogP contribution in [-0.4, -0.2) is 6.04 Å². The predicted molar refractivity (Wildman–Crippen MR) is 58.0 cm³/mol. The van der Waals surface area contributed by atoms with Crippen molar-refractivity contribution in [3.8, 4) is 0 Å². The van der Waals surface area contributed by atoms with Crippen LogP contribution in [0.1, 0.15) is 46.5 Å². The van der Waals surface area contributed by atoms with Crippen molar-refractivity contribution in [3.63, 3.8) is 0 Å². The summed E-state index contributed by atoms with van der Waals surface area (Å²) in [6.45, 7) is 9.50. The Labute approximate surface area is 121 Å². The first-order valence-electron chi connectivity index (χ1n) is 4.83. The number of allylic oxidation sites excluding steroid dienone is 1. The third kappa shape index (κ3) is 37.9. The Balaban J connectivity index is -0.0000000891. The van der Waals surface area contributed by atoms with Gasteiger partial charge in [-0.05, 0) is 13.0 Å². The van der Waals surface area contributed by atoms with Crippen molar-refractivity contribution < 1.29 is 44.8 Å². The minimum Gasteiger partial charge on any atom is -0.331 e. The zero-order chi connectivity index (χ0) is 9.82. The van der Waals surface area contributed by atoms with Crippen molar-refractivity contribution in [2.24, 2.45) is 5.73 Å². The van der Waals surface area contributed by atoms with Crippen LogP contribution < -0.4 is 5.73 Å². The molecule has 2 N–H and O–H groups in total. The van der Waals surface area contributed by atoms with E-state index in [2.05, 4.69) is 19.9 Å². The minimum absolute atomic E-state index is 0. The fourth-order valence-corrected chi connectivity index (χ4v) is 0.729. The van der Waals surface area contributed by atoms with Gasteiger partial charge in [0.1, 0.15) is 0 Å². The average molecular weight is 356 g/mol. The van der Waals surface area contributed by atoms with Gasteiger partial charge in [0.15, 0.2) is 0 Å². The van der Waals surface area contributed by atoms with E-state index in [0.717, 1.165) is 6.42 Å². The molecule has 0 aromatic carbocycles. The van der Waals surface area contributed by atoms with Gasteiger partial charge in [-0.15, -0.1) is 6.58 Å². The second kappa shape index (κ2) is 23.8. The molecule has 0 aromatic heterocycles. The standard InChI is InChI=1S/C8H18N.C3H6.2Nb/c1-3-4-5-6-7-8(2)9;1-3-2;;/h6,8H,3-5,7,9H2,1-2H3;3H,1H2,2H3;;/q-1;;;/t8-;;;/m1.../s1. The van der Waals surface area contributed by atoms with Gasteiger partial charge in [-0.1, -0.05) is 32.8 Å². The maximum atomic E-state index is 5.54. The summed E-state index contributed by atoms with van der Waals surface area (Å²) in [4.78, 5) is 0. The quantitative estimate of drug-likeness (QED) is 0.348. The summed E-state index contributed by atoms with van der Waals surface area (Å²) in [6, 6.07) is 0.349. The van der Waals surface area contributed by atoms with Gasteiger partial charge >= 0.3 is 0 Å². The summed E-state index contributed by atoms with van der Waals surface area (Å²) < 4.78 is 0. The molecule has 0 aliphatic heterocycles. The summed E-state index contributed by atoms with van der Waals surface area (Å²) in [6.07, 6.45) is 8.94. The van der Waals surface area contributed by atoms with Gasteiger partial charge in [0, 0.05) is 44.8 Å². The molecule has 84 valence electrons. The molecule has 0 fully saturated rings. The van der Waals surface area contributed by atoms with E-state index in [0.29, 0.717) is 6.04 Å². The monoisotopic (exact) mass is 356 g/mol. The molecule has 0 amide bonds. The number of rotatable bonds is 5. The number of hydrogen-bond acceptors (Lipinski definition) is 1. The van der Waals surface area contributed by atoms with E-state index in [-0.39, 0.29) is 44.8 Å². The predicted octanol–water partition coefficient (Wildman–Crippen LogP) is 3.31. The first-order valence-corrected chi connectivity index (χ1v) is 4.83. The van der Waals surface area contributed by atoms with Gasteiger partial charge in [0.2, 0.25) is 0 Å². The SMILES string of the molecule is C=CC.CCCC[CH-]C[C@@H](C)N.[Nb].[Nb]. The van der Waals surface area contributed by atoms with E-state index in [9.17, 15) is 0 Å². The van der Waals surface area contributed by atoms with Crippen molar-refractivity contribution in [1.29, 1.82) is 0 Å². The van der Waals surface area contributed by atoms with Crippen LogP contribution in [0, 0.1) is 6.42 Å². The number of hydrogen-bond donors (Lipinski definition) is 1. The fraction of sp³-hybridized carbons (Fsp3) is 0.727. The molecule has 0 spiro atoms. The molecule has 3 heteroatoms. The summed E-state index contributed by atoms with van der Waals surface area (Å²) in [7, 11) is 0. The van der Waals surface area contributed by atoms with Gasteiger partial charge in [-0.2, -0.15) is 12.8 Å². The number of unbranched alkanes of at least 4 members (excludes halogenated alkanes) is 3. The molecule has 0 rings (SSSR count). The summed E-state index contributed by atoms with van der Waals surface area (Å²) in [5.41, 5.74) is 5.54. The van der Waals surface area contributed by atoms with E-state index in [4.69, 9.17) is 5.73 Å². The van der Waals surface area contributed by atoms with Gasteiger partial charge in [-0.3, -0.25) is 0 Å². The molecule has 1 nitrogen and oxygen atoms in total. The molecule has 0 saturated carbocycles. The van der Waals surface area contributed by atoms with Crippen molar-refractivity contribution in [2.45, 2.75) is 52.5 Å². The van der Waals surface area contributed by atoms with Crippen molar-refractivity contribution in [3.05, 3.63) is 19.1 Å². The van der Waals surface area contributed by atoms with Crippen LogP contribution in [0.25, 0.3) is 0 Å². The molecule has 14 heavy (non-hydrogen) atoms. The second-order valence-electron chi connectivity index (χ2n) is 3.05. The molecule has 0 aliphatic carbocycles. The summed E-state index contributed by atoms with van der Waals surface area (Å²) >= 11 is 0. The maximum Gasteiger partial charge on any atom is 0 e. The topological polar surface area (TPSA) is 26.0 Å². The van der Waals surface area contributed by atoms with Crippen LogP contribution in [0.2, 0.25) is 0 Å². The Morgan fingerprint density at radius 3 is 2.14 bits per heavy atom. The van der Waals surface area contributed by atoms with Crippen molar-refractivity contribution in [1.82, 2.24) is 0 Å². The van der Waals surface area contributed by atoms with Gasteiger partial charge < -0.3 is 12.2 Å². The molecule has 0 aliphatic rings.